The number of nitrogens with one attached hydrogen (secondary N) is 1. The molecule has 1 amide bonds. The van der Waals surface area contributed by atoms with Crippen LogP contribution in [0.25, 0.3) is 11.0 Å². The third kappa shape index (κ3) is 4.23. The minimum absolute atomic E-state index is 0.0239. The second-order valence-corrected chi connectivity index (χ2v) is 9.41. The first-order valence-corrected chi connectivity index (χ1v) is 11.3. The van der Waals surface area contributed by atoms with E-state index in [1.165, 1.54) is 25.9 Å². The summed E-state index contributed by atoms with van der Waals surface area (Å²) in [5.41, 5.74) is 3.27. The van der Waals surface area contributed by atoms with Crippen LogP contribution in [0.15, 0.2) is 6.07 Å². The van der Waals surface area contributed by atoms with Crippen LogP contribution in [-0.4, -0.2) is 65.0 Å². The van der Waals surface area contributed by atoms with Gasteiger partial charge >= 0.3 is 0 Å². The van der Waals surface area contributed by atoms with Gasteiger partial charge in [0.05, 0.1) is 16.6 Å². The van der Waals surface area contributed by atoms with Gasteiger partial charge in [-0.25, -0.2) is 9.67 Å². The number of ether oxygens (including phenoxy) is 1. The molecule has 0 spiro atoms. The lowest BCUT2D eigenvalue weighted by Crippen LogP contribution is -2.48. The van der Waals surface area contributed by atoms with E-state index in [9.17, 15) is 4.79 Å². The van der Waals surface area contributed by atoms with Gasteiger partial charge in [-0.15, -0.1) is 0 Å². The van der Waals surface area contributed by atoms with E-state index in [0.717, 1.165) is 55.0 Å². The molecule has 7 nitrogen and oxygen atoms in total. The van der Waals surface area contributed by atoms with E-state index in [4.69, 9.17) is 9.72 Å². The van der Waals surface area contributed by atoms with Crippen LogP contribution in [0.1, 0.15) is 67.3 Å². The summed E-state index contributed by atoms with van der Waals surface area (Å²) in [5, 5.41) is 8.81. The Morgan fingerprint density at radius 3 is 2.60 bits per heavy atom. The Bertz CT molecular complexity index is 908. The molecule has 4 heterocycles. The van der Waals surface area contributed by atoms with Gasteiger partial charge in [0.1, 0.15) is 0 Å². The lowest BCUT2D eigenvalue weighted by molar-refractivity contribution is -0.000621. The van der Waals surface area contributed by atoms with Gasteiger partial charge in [-0.05, 0) is 72.5 Å². The Morgan fingerprint density at radius 2 is 1.93 bits per heavy atom. The van der Waals surface area contributed by atoms with Crippen molar-refractivity contribution in [2.24, 2.45) is 5.41 Å². The standard InChI is InChI=1S/C23H35N5O2/c1-16(2)28-21-20(18(4)26-28)19(13-17(3)25-21)22(29)24-14-23(7-11-30-12-8-23)15-27-9-5-6-10-27/h13,16H,5-12,14-15H2,1-4H3,(H,24,29). The van der Waals surface area contributed by atoms with Crippen LogP contribution in [0.4, 0.5) is 0 Å². The first-order chi connectivity index (χ1) is 14.4. The molecule has 2 aromatic heterocycles. The molecule has 4 rings (SSSR count). The number of aromatic nitrogens is 3. The van der Waals surface area contributed by atoms with Crippen molar-refractivity contribution in [3.63, 3.8) is 0 Å². The molecule has 2 saturated heterocycles. The molecule has 30 heavy (non-hydrogen) atoms. The quantitative estimate of drug-likeness (QED) is 0.787. The molecule has 0 radical (unpaired) electrons. The van der Waals surface area contributed by atoms with Crippen molar-refractivity contribution in [2.75, 3.05) is 39.4 Å². The average Bonchev–Trinajstić information content (AvgIpc) is 3.34. The van der Waals surface area contributed by atoms with E-state index < -0.39 is 0 Å². The summed E-state index contributed by atoms with van der Waals surface area (Å²) in [6.07, 6.45) is 4.57. The summed E-state index contributed by atoms with van der Waals surface area (Å²) >= 11 is 0. The van der Waals surface area contributed by atoms with E-state index in [1.807, 2.05) is 24.6 Å². The van der Waals surface area contributed by atoms with Crippen LogP contribution in [0.2, 0.25) is 0 Å². The summed E-state index contributed by atoms with van der Waals surface area (Å²) in [6, 6.07) is 2.09. The van der Waals surface area contributed by atoms with Crippen molar-refractivity contribution in [1.82, 2.24) is 25.0 Å². The van der Waals surface area contributed by atoms with Crippen LogP contribution in [-0.2, 0) is 4.74 Å². The number of nitrogens with zero attached hydrogens (tertiary/aromatic N) is 4. The van der Waals surface area contributed by atoms with Crippen molar-refractivity contribution in [3.8, 4) is 0 Å². The highest BCUT2D eigenvalue weighted by Gasteiger charge is 2.36. The van der Waals surface area contributed by atoms with E-state index in [1.54, 1.807) is 0 Å². The molecule has 0 unspecified atom stereocenters. The van der Waals surface area contributed by atoms with Crippen LogP contribution in [0.3, 0.4) is 0 Å². The summed E-state index contributed by atoms with van der Waals surface area (Å²) in [4.78, 5) is 20.6. The van der Waals surface area contributed by atoms with Gasteiger partial charge < -0.3 is 15.0 Å². The maximum Gasteiger partial charge on any atom is 0.252 e. The van der Waals surface area contributed by atoms with Crippen LogP contribution < -0.4 is 5.32 Å². The summed E-state index contributed by atoms with van der Waals surface area (Å²) in [5.74, 6) is -0.0239. The molecule has 2 fully saturated rings. The molecule has 0 saturated carbocycles. The Balaban J connectivity index is 1.57. The predicted octanol–water partition coefficient (Wildman–Crippen LogP) is 3.25. The predicted molar refractivity (Wildman–Crippen MR) is 118 cm³/mol. The lowest BCUT2D eigenvalue weighted by Gasteiger charge is -2.40. The minimum atomic E-state index is -0.0239. The van der Waals surface area contributed by atoms with Gasteiger partial charge in [0.2, 0.25) is 0 Å². The van der Waals surface area contributed by atoms with E-state index >= 15 is 0 Å². The zero-order chi connectivity index (χ0) is 21.3. The Morgan fingerprint density at radius 1 is 1.23 bits per heavy atom. The van der Waals surface area contributed by atoms with E-state index in [0.29, 0.717) is 12.1 Å². The fraction of sp³-hybridized carbons (Fsp3) is 0.696. The van der Waals surface area contributed by atoms with Crippen molar-refractivity contribution in [1.29, 1.82) is 0 Å². The number of amides is 1. The summed E-state index contributed by atoms with van der Waals surface area (Å²) < 4.78 is 7.56. The van der Waals surface area contributed by atoms with Gasteiger partial charge in [-0.2, -0.15) is 5.10 Å². The molecule has 2 aliphatic rings. The van der Waals surface area contributed by atoms with Gasteiger partial charge in [-0.3, -0.25) is 4.79 Å². The van der Waals surface area contributed by atoms with E-state index in [-0.39, 0.29) is 17.4 Å². The number of pyridine rings is 1. The zero-order valence-electron chi connectivity index (χ0n) is 18.8. The number of carbonyl (C=O) groups is 1. The van der Waals surface area contributed by atoms with Crippen molar-refractivity contribution >= 4 is 16.9 Å². The Hall–Kier alpha value is -1.99. The SMILES string of the molecule is Cc1cc(C(=O)NCC2(CN3CCCC3)CCOCC2)c2c(C)nn(C(C)C)c2n1. The second-order valence-electron chi connectivity index (χ2n) is 9.41. The fourth-order valence-corrected chi connectivity index (χ4v) is 4.95. The molecule has 1 N–H and O–H groups in total. The number of carbonyl (C=O) groups excluding carboxylic acids is 1. The number of rotatable bonds is 6. The van der Waals surface area contributed by atoms with Gasteiger partial charge in [-0.1, -0.05) is 0 Å². The number of aryl methyl sites for hydroxylation is 2. The number of fused-ring (bicyclic) bond motifs is 1. The highest BCUT2D eigenvalue weighted by atomic mass is 16.5. The lowest BCUT2D eigenvalue weighted by atomic mass is 9.79. The Labute approximate surface area is 179 Å². The van der Waals surface area contributed by atoms with Crippen LogP contribution in [0, 0.1) is 19.3 Å². The molecule has 2 aromatic rings. The third-order valence-corrected chi connectivity index (χ3v) is 6.63. The topological polar surface area (TPSA) is 72.3 Å². The molecule has 0 bridgehead atoms. The highest BCUT2D eigenvalue weighted by molar-refractivity contribution is 6.06. The smallest absolute Gasteiger partial charge is 0.252 e. The van der Waals surface area contributed by atoms with Crippen molar-refractivity contribution < 1.29 is 9.53 Å². The third-order valence-electron chi connectivity index (χ3n) is 6.63. The first-order valence-electron chi connectivity index (χ1n) is 11.3. The molecule has 164 valence electrons. The van der Waals surface area contributed by atoms with Crippen molar-refractivity contribution in [2.45, 2.75) is 59.4 Å². The molecule has 2 aliphatic heterocycles. The largest absolute Gasteiger partial charge is 0.381 e. The number of hydrogen-bond acceptors (Lipinski definition) is 5. The van der Waals surface area contributed by atoms with Gasteiger partial charge in [0.25, 0.3) is 5.91 Å². The number of likely N-dealkylation sites (tertiary alicyclic amines) is 1. The monoisotopic (exact) mass is 413 g/mol. The highest BCUT2D eigenvalue weighted by Crippen LogP contribution is 2.32. The normalized spacial score (nSPS) is 19.6. The first kappa shape index (κ1) is 21.2. The summed E-state index contributed by atoms with van der Waals surface area (Å²) in [7, 11) is 0. The maximum absolute atomic E-state index is 13.3. The van der Waals surface area contributed by atoms with E-state index in [2.05, 4.69) is 29.2 Å². The van der Waals surface area contributed by atoms with Gasteiger partial charge in [0.15, 0.2) is 5.65 Å². The van der Waals surface area contributed by atoms with Crippen LogP contribution in [0.5, 0.6) is 0 Å². The fourth-order valence-electron chi connectivity index (χ4n) is 4.95. The molecular formula is C23H35N5O2. The maximum atomic E-state index is 13.3. The second kappa shape index (κ2) is 8.63. The average molecular weight is 414 g/mol. The van der Waals surface area contributed by atoms with Crippen LogP contribution >= 0.6 is 0 Å². The van der Waals surface area contributed by atoms with Crippen molar-refractivity contribution in [3.05, 3.63) is 23.0 Å². The Kier molecular flexibility index (Phi) is 6.11. The number of hydrogen-bond donors (Lipinski definition) is 1. The molecular weight excluding hydrogens is 378 g/mol. The summed E-state index contributed by atoms with van der Waals surface area (Å²) in [6.45, 7) is 13.7. The molecule has 0 aromatic carbocycles. The van der Waals surface area contributed by atoms with Gasteiger partial charge in [0, 0.05) is 43.5 Å². The minimum Gasteiger partial charge on any atom is -0.381 e. The zero-order valence-corrected chi connectivity index (χ0v) is 18.8. The molecule has 0 atom stereocenters. The molecule has 0 aliphatic carbocycles. The molecule has 7 heteroatoms.